The number of benzene rings is 2. The minimum Gasteiger partial charge on any atom is -0.368 e. The Morgan fingerprint density at radius 1 is 1.12 bits per heavy atom. The van der Waals surface area contributed by atoms with Crippen LogP contribution in [-0.4, -0.2) is 27.8 Å². The predicted molar refractivity (Wildman–Crippen MR) is 93.5 cm³/mol. The average molecular weight is 380 g/mol. The first-order valence-corrected chi connectivity index (χ1v) is 9.14. The first-order chi connectivity index (χ1) is 12.4. The van der Waals surface area contributed by atoms with Crippen LogP contribution in [0.4, 0.5) is 8.78 Å². The number of hydrogen-bond donors (Lipinski definition) is 2. The Morgan fingerprint density at radius 3 is 2.42 bits per heavy atom. The molecule has 0 radical (unpaired) electrons. The van der Waals surface area contributed by atoms with Crippen LogP contribution in [0.15, 0.2) is 53.4 Å². The zero-order chi connectivity index (χ0) is 19.1. The van der Waals surface area contributed by atoms with E-state index in [1.807, 2.05) is 0 Å². The van der Waals surface area contributed by atoms with Crippen molar-refractivity contribution in [1.82, 2.24) is 5.32 Å². The second-order valence-corrected chi connectivity index (χ2v) is 7.16. The topological polar surface area (TPSA) is 89.3 Å². The van der Waals surface area contributed by atoms with Crippen LogP contribution in [0.25, 0.3) is 0 Å². The van der Waals surface area contributed by atoms with Crippen molar-refractivity contribution in [2.45, 2.75) is 23.8 Å². The van der Waals surface area contributed by atoms with Crippen LogP contribution in [0.1, 0.15) is 12.0 Å². The molecule has 0 aliphatic heterocycles. The fourth-order valence-corrected chi connectivity index (χ4v) is 3.43. The zero-order valence-corrected chi connectivity index (χ0v) is 14.6. The molecule has 0 fully saturated rings. The molecule has 0 aliphatic carbocycles. The number of halogens is 2. The highest BCUT2D eigenvalue weighted by Gasteiger charge is 2.20. The molecule has 0 heterocycles. The first kappa shape index (κ1) is 19.7. The maximum atomic E-state index is 13.6. The Bertz CT molecular complexity index is 815. The Labute approximate surface area is 152 Å². The van der Waals surface area contributed by atoms with Gasteiger partial charge in [-0.1, -0.05) is 24.3 Å². The maximum absolute atomic E-state index is 13.6. The van der Waals surface area contributed by atoms with Gasteiger partial charge in [-0.3, -0.25) is 13.8 Å². The molecule has 26 heavy (non-hydrogen) atoms. The summed E-state index contributed by atoms with van der Waals surface area (Å²) in [6.07, 6.45) is -0.286. The van der Waals surface area contributed by atoms with E-state index in [1.54, 1.807) is 30.3 Å². The highest BCUT2D eigenvalue weighted by atomic mass is 32.2. The van der Waals surface area contributed by atoms with Crippen LogP contribution in [0.3, 0.4) is 0 Å². The summed E-state index contributed by atoms with van der Waals surface area (Å²) < 4.78 is 38.7. The molecule has 138 valence electrons. The lowest BCUT2D eigenvalue weighted by molar-refractivity contribution is -0.127. The normalized spacial score (nSPS) is 13.0. The zero-order valence-electron chi connectivity index (χ0n) is 13.8. The molecule has 0 unspecified atom stereocenters. The third kappa shape index (κ3) is 5.73. The van der Waals surface area contributed by atoms with Crippen LogP contribution >= 0.6 is 0 Å². The van der Waals surface area contributed by atoms with Crippen molar-refractivity contribution >= 4 is 22.6 Å². The van der Waals surface area contributed by atoms with Gasteiger partial charge in [0.15, 0.2) is 0 Å². The van der Waals surface area contributed by atoms with Gasteiger partial charge < -0.3 is 11.1 Å². The van der Waals surface area contributed by atoms with Gasteiger partial charge >= 0.3 is 0 Å². The molecule has 0 saturated carbocycles. The lowest BCUT2D eigenvalue weighted by Gasteiger charge is -2.15. The van der Waals surface area contributed by atoms with Gasteiger partial charge in [0.2, 0.25) is 11.8 Å². The van der Waals surface area contributed by atoms with Crippen molar-refractivity contribution < 1.29 is 22.6 Å². The van der Waals surface area contributed by atoms with Gasteiger partial charge in [0.25, 0.3) is 0 Å². The third-order valence-electron chi connectivity index (χ3n) is 3.64. The molecule has 2 amide bonds. The molecule has 0 spiro atoms. The molecule has 0 aromatic heterocycles. The standard InChI is InChI=1S/C18H18F2N2O3S/c19-13-7-6-12(15(20)11-13)10-17(23)22-16(18(21)24)8-9-26(25)14-4-2-1-3-5-14/h1-7,11,16H,8-10H2,(H2,21,24)(H,22,23)/t16-,26-/m1/s1. The molecule has 2 atom stereocenters. The van der Waals surface area contributed by atoms with Crippen molar-refractivity contribution in [3.8, 4) is 0 Å². The highest BCUT2D eigenvalue weighted by Crippen LogP contribution is 2.11. The second-order valence-electron chi connectivity index (χ2n) is 5.59. The van der Waals surface area contributed by atoms with Crippen molar-refractivity contribution in [2.24, 2.45) is 5.73 Å². The van der Waals surface area contributed by atoms with Gasteiger partial charge in [-0.2, -0.15) is 0 Å². The van der Waals surface area contributed by atoms with E-state index in [2.05, 4.69) is 5.32 Å². The van der Waals surface area contributed by atoms with E-state index in [1.165, 1.54) is 0 Å². The quantitative estimate of drug-likeness (QED) is 0.730. The molecular formula is C18H18F2N2O3S. The Kier molecular flexibility index (Phi) is 6.97. The molecular weight excluding hydrogens is 362 g/mol. The summed E-state index contributed by atoms with van der Waals surface area (Å²) in [6, 6.07) is 10.5. The van der Waals surface area contributed by atoms with E-state index >= 15 is 0 Å². The van der Waals surface area contributed by atoms with Crippen LogP contribution in [-0.2, 0) is 26.8 Å². The molecule has 0 aliphatic rings. The Morgan fingerprint density at radius 2 is 1.81 bits per heavy atom. The van der Waals surface area contributed by atoms with Gasteiger partial charge in [0.1, 0.15) is 17.7 Å². The van der Waals surface area contributed by atoms with E-state index < -0.39 is 40.3 Å². The lowest BCUT2D eigenvalue weighted by Crippen LogP contribution is -2.45. The average Bonchev–Trinajstić information content (AvgIpc) is 2.61. The van der Waals surface area contributed by atoms with E-state index in [0.717, 1.165) is 12.1 Å². The minimum atomic E-state index is -1.34. The summed E-state index contributed by atoms with van der Waals surface area (Å²) in [4.78, 5) is 24.2. The lowest BCUT2D eigenvalue weighted by atomic mass is 10.1. The van der Waals surface area contributed by atoms with Crippen LogP contribution in [0.5, 0.6) is 0 Å². The number of nitrogens with two attached hydrogens (primary N) is 1. The summed E-state index contributed by atoms with van der Waals surface area (Å²) in [5.74, 6) is -2.87. The predicted octanol–water partition coefficient (Wildman–Crippen LogP) is 1.68. The molecule has 2 aromatic carbocycles. The summed E-state index contributed by atoms with van der Waals surface area (Å²) >= 11 is 0. The van der Waals surface area contributed by atoms with Crippen molar-refractivity contribution in [1.29, 1.82) is 0 Å². The second kappa shape index (κ2) is 9.19. The minimum absolute atomic E-state index is 0.0000163. The van der Waals surface area contributed by atoms with Crippen molar-refractivity contribution in [3.63, 3.8) is 0 Å². The van der Waals surface area contributed by atoms with E-state index in [0.29, 0.717) is 11.0 Å². The van der Waals surface area contributed by atoms with Gasteiger partial charge in [-0.05, 0) is 30.2 Å². The molecule has 5 nitrogen and oxygen atoms in total. The number of nitrogens with one attached hydrogen (secondary N) is 1. The molecule has 0 saturated heterocycles. The summed E-state index contributed by atoms with van der Waals surface area (Å²) in [5.41, 5.74) is 5.28. The van der Waals surface area contributed by atoms with Crippen molar-refractivity contribution in [3.05, 3.63) is 65.7 Å². The monoisotopic (exact) mass is 380 g/mol. The molecule has 0 bridgehead atoms. The Hall–Kier alpha value is -2.61. The number of hydrogen-bond acceptors (Lipinski definition) is 3. The number of primary amides is 1. The molecule has 8 heteroatoms. The van der Waals surface area contributed by atoms with Gasteiger partial charge in [0.05, 0.1) is 17.2 Å². The highest BCUT2D eigenvalue weighted by molar-refractivity contribution is 7.85. The molecule has 2 rings (SSSR count). The number of rotatable bonds is 8. The third-order valence-corrected chi connectivity index (χ3v) is 5.05. The first-order valence-electron chi connectivity index (χ1n) is 7.83. The van der Waals surface area contributed by atoms with E-state index in [9.17, 15) is 22.6 Å². The largest absolute Gasteiger partial charge is 0.368 e. The van der Waals surface area contributed by atoms with Gasteiger partial charge in [0, 0.05) is 16.7 Å². The van der Waals surface area contributed by atoms with Crippen LogP contribution in [0, 0.1) is 11.6 Å². The molecule has 3 N–H and O–H groups in total. The smallest absolute Gasteiger partial charge is 0.240 e. The van der Waals surface area contributed by atoms with Crippen LogP contribution < -0.4 is 11.1 Å². The summed E-state index contributed by atoms with van der Waals surface area (Å²) in [7, 11) is -1.34. The number of amides is 2. The van der Waals surface area contributed by atoms with Gasteiger partial charge in [-0.25, -0.2) is 8.78 Å². The maximum Gasteiger partial charge on any atom is 0.240 e. The van der Waals surface area contributed by atoms with E-state index in [-0.39, 0.29) is 24.2 Å². The van der Waals surface area contributed by atoms with E-state index in [4.69, 9.17) is 5.73 Å². The van der Waals surface area contributed by atoms with Gasteiger partial charge in [-0.15, -0.1) is 0 Å². The summed E-state index contributed by atoms with van der Waals surface area (Å²) in [6.45, 7) is 0. The Balaban J connectivity index is 1.93. The van der Waals surface area contributed by atoms with Crippen LogP contribution in [0.2, 0.25) is 0 Å². The SMILES string of the molecule is NC(=O)[C@@H](CC[S@@](=O)c1ccccc1)NC(=O)Cc1ccc(F)cc1F. The van der Waals surface area contributed by atoms with Crippen molar-refractivity contribution in [2.75, 3.05) is 5.75 Å². The summed E-state index contributed by atoms with van der Waals surface area (Å²) in [5, 5.41) is 2.41. The fraction of sp³-hybridized carbons (Fsp3) is 0.222. The fourth-order valence-electron chi connectivity index (χ4n) is 2.28. The molecule has 2 aromatic rings. The number of carbonyl (C=O) groups is 2. The number of carbonyl (C=O) groups excluding carboxylic acids is 2.